The Morgan fingerprint density at radius 2 is 1.91 bits per heavy atom. The van der Waals surface area contributed by atoms with Crippen molar-refractivity contribution < 1.29 is 27.8 Å². The van der Waals surface area contributed by atoms with Crippen molar-refractivity contribution in [3.8, 4) is 22.8 Å². The summed E-state index contributed by atoms with van der Waals surface area (Å²) in [4.78, 5) is 16.7. The fourth-order valence-corrected chi connectivity index (χ4v) is 3.76. The number of hydrogen-bond acceptors (Lipinski definition) is 8. The summed E-state index contributed by atoms with van der Waals surface area (Å²) < 4.78 is 33.3. The average Bonchev–Trinajstić information content (AvgIpc) is 3.23. The number of nitrogens with zero attached hydrogens (tertiary/aromatic N) is 6. The third-order valence-corrected chi connectivity index (χ3v) is 5.41. The highest BCUT2D eigenvalue weighted by Crippen LogP contribution is 2.25. The Labute approximate surface area is 180 Å². The molecule has 12 nitrogen and oxygen atoms in total. The van der Waals surface area contributed by atoms with E-state index in [0.29, 0.717) is 5.69 Å². The van der Waals surface area contributed by atoms with Gasteiger partial charge in [-0.1, -0.05) is 12.1 Å². The van der Waals surface area contributed by atoms with Crippen LogP contribution in [0.1, 0.15) is 5.56 Å². The highest BCUT2D eigenvalue weighted by molar-refractivity contribution is 7.86. The van der Waals surface area contributed by atoms with E-state index >= 15 is 0 Å². The number of aromatic nitrogens is 5. The molecule has 32 heavy (non-hydrogen) atoms. The minimum atomic E-state index is -4.57. The van der Waals surface area contributed by atoms with Gasteiger partial charge >= 0.3 is 5.82 Å². The first kappa shape index (κ1) is 21.2. The summed E-state index contributed by atoms with van der Waals surface area (Å²) in [7, 11) is -4.57. The van der Waals surface area contributed by atoms with E-state index in [1.54, 1.807) is 24.4 Å². The number of nitro groups is 1. The summed E-state index contributed by atoms with van der Waals surface area (Å²) in [6.45, 7) is -0.527. The van der Waals surface area contributed by atoms with Gasteiger partial charge in [0, 0.05) is 28.7 Å². The SMILES string of the molecule is O=[N+]([O-])c1ccc(-[n+]2nc(-c3ccccc3S(=O)(=O)O)nn2-c2cccnc2)c(CO)c1. The van der Waals surface area contributed by atoms with Gasteiger partial charge in [0.2, 0.25) is 0 Å². The zero-order chi connectivity index (χ0) is 22.9. The van der Waals surface area contributed by atoms with Crippen LogP contribution in [0.15, 0.2) is 71.9 Å². The molecule has 0 saturated carbocycles. The quantitative estimate of drug-likeness (QED) is 0.188. The summed E-state index contributed by atoms with van der Waals surface area (Å²) in [6, 6.07) is 12.8. The molecule has 0 aliphatic carbocycles. The summed E-state index contributed by atoms with van der Waals surface area (Å²) in [5.74, 6) is -0.0516. The second kappa shape index (κ2) is 8.22. The smallest absolute Gasteiger partial charge is 0.341 e. The van der Waals surface area contributed by atoms with Gasteiger partial charge in [0.05, 0.1) is 28.4 Å². The molecule has 4 aromatic rings. The van der Waals surface area contributed by atoms with Crippen LogP contribution in [0, 0.1) is 10.1 Å². The molecular formula is C19H15N6O6S+. The maximum Gasteiger partial charge on any atom is 0.341 e. The lowest BCUT2D eigenvalue weighted by Crippen LogP contribution is -2.44. The number of nitro benzene ring substituents is 1. The first-order valence-corrected chi connectivity index (χ1v) is 10.5. The van der Waals surface area contributed by atoms with Crippen LogP contribution in [-0.2, 0) is 16.7 Å². The molecular weight excluding hydrogens is 440 g/mol. The lowest BCUT2D eigenvalue weighted by molar-refractivity contribution is -0.735. The number of rotatable bonds is 6. The molecule has 0 amide bonds. The van der Waals surface area contributed by atoms with Crippen LogP contribution in [0.3, 0.4) is 0 Å². The van der Waals surface area contributed by atoms with Crippen LogP contribution in [0.4, 0.5) is 5.69 Å². The maximum absolute atomic E-state index is 11.8. The zero-order valence-corrected chi connectivity index (χ0v) is 17.0. The van der Waals surface area contributed by atoms with Crippen molar-refractivity contribution in [2.24, 2.45) is 0 Å². The van der Waals surface area contributed by atoms with Crippen LogP contribution in [0.2, 0.25) is 0 Å². The van der Waals surface area contributed by atoms with E-state index in [9.17, 15) is 28.2 Å². The first-order chi connectivity index (χ1) is 15.3. The fourth-order valence-electron chi connectivity index (χ4n) is 3.07. The molecule has 0 radical (unpaired) electrons. The van der Waals surface area contributed by atoms with Gasteiger partial charge in [-0.05, 0) is 40.2 Å². The molecule has 0 saturated heterocycles. The van der Waals surface area contributed by atoms with Crippen molar-refractivity contribution in [2.45, 2.75) is 11.5 Å². The number of benzene rings is 2. The number of aliphatic hydroxyl groups is 1. The molecule has 0 aliphatic heterocycles. The van der Waals surface area contributed by atoms with E-state index < -0.39 is 21.6 Å². The number of aliphatic hydroxyl groups excluding tert-OH is 1. The maximum atomic E-state index is 11.8. The average molecular weight is 455 g/mol. The standard InChI is InChI=1S/C19H14N6O6S/c26-12-13-10-14(25(27)28)7-8-17(13)24-22-19(21-23(24)15-4-3-9-20-11-15)16-5-1-2-6-18(16)32(29,30)31/h1-11,26H,12H2/p+1. The molecule has 0 aliphatic rings. The minimum absolute atomic E-state index is 0.0406. The van der Waals surface area contributed by atoms with Crippen molar-refractivity contribution in [1.29, 1.82) is 0 Å². The third-order valence-electron chi connectivity index (χ3n) is 4.50. The van der Waals surface area contributed by atoms with Crippen LogP contribution in [0.25, 0.3) is 22.8 Å². The van der Waals surface area contributed by atoms with Crippen molar-refractivity contribution in [3.63, 3.8) is 0 Å². The second-order valence-electron chi connectivity index (χ2n) is 6.51. The van der Waals surface area contributed by atoms with Crippen LogP contribution >= 0.6 is 0 Å². The van der Waals surface area contributed by atoms with Gasteiger partial charge in [0.1, 0.15) is 10.6 Å². The summed E-state index contributed by atoms with van der Waals surface area (Å²) in [6.07, 6.45) is 3.03. The molecule has 2 aromatic heterocycles. The first-order valence-electron chi connectivity index (χ1n) is 9.05. The zero-order valence-electron chi connectivity index (χ0n) is 16.2. The highest BCUT2D eigenvalue weighted by atomic mass is 32.2. The van der Waals surface area contributed by atoms with Crippen molar-refractivity contribution in [3.05, 3.63) is 82.7 Å². The van der Waals surface area contributed by atoms with Gasteiger partial charge in [-0.3, -0.25) is 19.7 Å². The predicted octanol–water partition coefficient (Wildman–Crippen LogP) is 1.25. The third kappa shape index (κ3) is 3.94. The normalized spacial score (nSPS) is 11.4. The van der Waals surface area contributed by atoms with Gasteiger partial charge in [0.15, 0.2) is 5.69 Å². The Morgan fingerprint density at radius 1 is 1.12 bits per heavy atom. The second-order valence-corrected chi connectivity index (χ2v) is 7.90. The predicted molar refractivity (Wildman–Crippen MR) is 109 cm³/mol. The highest BCUT2D eigenvalue weighted by Gasteiger charge is 2.29. The van der Waals surface area contributed by atoms with Crippen LogP contribution in [0.5, 0.6) is 0 Å². The summed E-state index contributed by atoms with van der Waals surface area (Å²) in [5, 5.41) is 29.7. The number of tetrazole rings is 1. The Balaban J connectivity index is 1.99. The Kier molecular flexibility index (Phi) is 5.44. The van der Waals surface area contributed by atoms with E-state index in [2.05, 4.69) is 15.2 Å². The van der Waals surface area contributed by atoms with Gasteiger partial charge in [-0.15, -0.1) is 0 Å². The monoisotopic (exact) mass is 455 g/mol. The van der Waals surface area contributed by atoms with Crippen molar-refractivity contribution in [1.82, 2.24) is 20.0 Å². The molecule has 0 spiro atoms. The number of pyridine rings is 1. The Hall–Kier alpha value is -4.07. The minimum Gasteiger partial charge on any atom is -0.392 e. The molecule has 0 bridgehead atoms. The summed E-state index contributed by atoms with van der Waals surface area (Å²) in [5.41, 5.74) is 0.723. The van der Waals surface area contributed by atoms with Crippen molar-refractivity contribution >= 4 is 15.8 Å². The molecule has 0 unspecified atom stereocenters. The molecule has 2 N–H and O–H groups in total. The Morgan fingerprint density at radius 3 is 2.56 bits per heavy atom. The molecule has 0 atom stereocenters. The van der Waals surface area contributed by atoms with E-state index in [1.165, 1.54) is 52.2 Å². The van der Waals surface area contributed by atoms with E-state index in [-0.39, 0.29) is 33.2 Å². The molecule has 4 rings (SSSR count). The molecule has 0 fully saturated rings. The molecule has 2 heterocycles. The fraction of sp³-hybridized carbons (Fsp3) is 0.0526. The lowest BCUT2D eigenvalue weighted by atomic mass is 10.1. The number of non-ortho nitro benzene ring substituents is 1. The number of hydrogen-bond donors (Lipinski definition) is 2. The summed E-state index contributed by atoms with van der Waals surface area (Å²) >= 11 is 0. The topological polar surface area (TPSA) is 165 Å². The van der Waals surface area contributed by atoms with Gasteiger partial charge < -0.3 is 5.11 Å². The van der Waals surface area contributed by atoms with E-state index in [0.717, 1.165) is 0 Å². The largest absolute Gasteiger partial charge is 0.392 e. The van der Waals surface area contributed by atoms with Gasteiger partial charge in [-0.25, -0.2) is 0 Å². The van der Waals surface area contributed by atoms with Gasteiger partial charge in [-0.2, -0.15) is 8.42 Å². The van der Waals surface area contributed by atoms with Crippen LogP contribution < -0.4 is 4.80 Å². The van der Waals surface area contributed by atoms with Crippen molar-refractivity contribution in [2.75, 3.05) is 0 Å². The van der Waals surface area contributed by atoms with Crippen LogP contribution in [-0.4, -0.2) is 43.0 Å². The lowest BCUT2D eigenvalue weighted by Gasteiger charge is -2.04. The Bertz CT molecular complexity index is 1420. The van der Waals surface area contributed by atoms with Gasteiger partial charge in [0.25, 0.3) is 15.8 Å². The van der Waals surface area contributed by atoms with E-state index in [4.69, 9.17) is 0 Å². The molecule has 2 aromatic carbocycles. The van der Waals surface area contributed by atoms with E-state index in [1.807, 2.05) is 0 Å². The molecule has 162 valence electrons. The molecule has 13 heteroatoms.